The molecule has 0 N–H and O–H groups in total. The first-order valence-electron chi connectivity index (χ1n) is 39.8. The van der Waals surface area contributed by atoms with Crippen LogP contribution >= 0.6 is 0 Å². The van der Waals surface area contributed by atoms with Crippen LogP contribution in [0.15, 0.2) is 25.3 Å². The molecule has 3 saturated heterocycles. The third-order valence-electron chi connectivity index (χ3n) is 21.6. The van der Waals surface area contributed by atoms with Crippen molar-refractivity contribution in [3.05, 3.63) is 25.3 Å². The Hall–Kier alpha value is -2.48. The van der Waals surface area contributed by atoms with Gasteiger partial charge < -0.3 is 18.9 Å². The molecule has 10 nitrogen and oxygen atoms in total. The van der Waals surface area contributed by atoms with Gasteiger partial charge >= 0.3 is 24.1 Å². The largest absolute Gasteiger partial charge is 0.462 e. The van der Waals surface area contributed by atoms with Gasteiger partial charge in [-0.15, -0.1) is 13.2 Å². The van der Waals surface area contributed by atoms with Crippen molar-refractivity contribution in [2.45, 2.75) is 451 Å². The number of hydrogen-bond acceptors (Lipinski definition) is 10. The predicted octanol–water partition coefficient (Wildman–Crippen LogP) is 24.4. The van der Waals surface area contributed by atoms with Gasteiger partial charge in [0.25, 0.3) is 0 Å². The van der Waals surface area contributed by atoms with E-state index in [4.69, 9.17) is 18.9 Å². The summed E-state index contributed by atoms with van der Waals surface area (Å²) in [7, 11) is 6.36. The summed E-state index contributed by atoms with van der Waals surface area (Å²) in [5, 5.41) is 0. The van der Waals surface area contributed by atoms with Gasteiger partial charge in [-0.25, -0.2) is 0 Å². The summed E-state index contributed by atoms with van der Waals surface area (Å²) in [4.78, 5) is 43.6. The zero-order valence-corrected chi connectivity index (χ0v) is 66.4. The van der Waals surface area contributed by atoms with Crippen LogP contribution in [0.1, 0.15) is 393 Å². The van der Waals surface area contributed by atoms with Crippen LogP contribution in [-0.2, 0) is 33.3 Å². The molecule has 0 aromatic carbocycles. The Morgan fingerprint density at radius 1 is 0.396 bits per heavy atom. The third-order valence-corrected chi connectivity index (χ3v) is 21.6. The van der Waals surface area contributed by atoms with Crippen LogP contribution in [0.4, 0.5) is 13.2 Å². The minimum absolute atomic E-state index is 0.00380. The lowest BCUT2D eigenvalue weighted by atomic mass is 9.78. The van der Waals surface area contributed by atoms with E-state index in [9.17, 15) is 27.6 Å². The Morgan fingerprint density at radius 3 is 0.969 bits per heavy atom. The molecule has 3 aliphatic heterocycles. The van der Waals surface area contributed by atoms with Gasteiger partial charge in [0.1, 0.15) is 24.7 Å². The zero-order chi connectivity index (χ0) is 72.8. The molecule has 0 amide bonds. The number of carbonyl (C=O) groups is 3. The number of hydrogen-bond donors (Lipinski definition) is 0. The topological polar surface area (TPSA) is 97.8 Å². The fourth-order valence-corrected chi connectivity index (χ4v) is 14.8. The first kappa shape index (κ1) is 93.5. The molecule has 3 rings (SSSR count). The SMILES string of the molecule is C=CCCCCCCCCCOCCCCCCCCCC=C.CCCCCCCCC(CCCCCC)C(=O)OC1CC(C)(C)N(C)C(C)(C)C1.CCCCCCCCCCCC(=O)OC1CC(C)(C)N(C)C(C)(C)C1.CN1C(C)(C)CC(OC(=O)CC(F)(F)F)CC1(C)C. The quantitative estimate of drug-likeness (QED) is 0.0254. The van der Waals surface area contributed by atoms with E-state index < -0.39 is 24.7 Å². The fourth-order valence-electron chi connectivity index (χ4n) is 14.8. The third kappa shape index (κ3) is 44.7. The van der Waals surface area contributed by atoms with Gasteiger partial charge in [0.2, 0.25) is 0 Å². The van der Waals surface area contributed by atoms with Crippen LogP contribution in [0.2, 0.25) is 0 Å². The van der Waals surface area contributed by atoms with Crippen LogP contribution in [0, 0.1) is 5.92 Å². The number of unbranched alkanes of at least 4 members (excludes halogenated alkanes) is 30. The maximum absolute atomic E-state index is 13.1. The molecule has 0 aromatic rings. The molecule has 0 radical (unpaired) electrons. The number of nitrogens with zero attached hydrogens (tertiary/aromatic N) is 3. The van der Waals surface area contributed by atoms with Crippen LogP contribution in [0.5, 0.6) is 0 Å². The highest BCUT2D eigenvalue weighted by molar-refractivity contribution is 5.72. The molecule has 0 aromatic heterocycles. The van der Waals surface area contributed by atoms with Gasteiger partial charge in [-0.3, -0.25) is 29.1 Å². The predicted molar refractivity (Wildman–Crippen MR) is 403 cm³/mol. The Morgan fingerprint density at radius 2 is 0.656 bits per heavy atom. The Bertz CT molecular complexity index is 1910. The van der Waals surface area contributed by atoms with Gasteiger partial charge in [-0.05, 0) is 162 Å². The van der Waals surface area contributed by atoms with E-state index in [1.807, 2.05) is 46.9 Å². The number of piperidine rings is 3. The van der Waals surface area contributed by atoms with E-state index in [-0.39, 0.29) is 63.3 Å². The van der Waals surface area contributed by atoms with Gasteiger partial charge in [-0.1, -0.05) is 213 Å². The van der Waals surface area contributed by atoms with E-state index in [2.05, 4.69) is 118 Å². The van der Waals surface area contributed by atoms with Gasteiger partial charge in [0.15, 0.2) is 0 Å². The first-order chi connectivity index (χ1) is 45.1. The number of carbonyl (C=O) groups excluding carboxylic acids is 3. The molecule has 13 heteroatoms. The smallest absolute Gasteiger partial charge is 0.399 e. The van der Waals surface area contributed by atoms with E-state index in [0.717, 1.165) is 71.0 Å². The molecule has 568 valence electrons. The highest BCUT2D eigenvalue weighted by atomic mass is 19.4. The second kappa shape index (κ2) is 51.6. The molecule has 3 heterocycles. The lowest BCUT2D eigenvalue weighted by Gasteiger charge is -2.53. The molecule has 0 saturated carbocycles. The summed E-state index contributed by atoms with van der Waals surface area (Å²) in [5.74, 6) is -1.00. The molecule has 96 heavy (non-hydrogen) atoms. The van der Waals surface area contributed by atoms with Crippen molar-refractivity contribution >= 4 is 17.9 Å². The summed E-state index contributed by atoms with van der Waals surface area (Å²) in [6, 6.07) is 0. The summed E-state index contributed by atoms with van der Waals surface area (Å²) >= 11 is 0. The van der Waals surface area contributed by atoms with Gasteiger partial charge in [-0.2, -0.15) is 13.2 Å². The van der Waals surface area contributed by atoms with Crippen LogP contribution in [0.3, 0.4) is 0 Å². The Balaban J connectivity index is 0.00000127. The molecule has 3 fully saturated rings. The number of halogens is 3. The summed E-state index contributed by atoms with van der Waals surface area (Å²) in [6.45, 7) is 42.3. The Kier molecular flexibility index (Phi) is 50.3. The average Bonchev–Trinajstić information content (AvgIpc) is 0.800. The molecular formula is C83H158F3N3O7. The highest BCUT2D eigenvalue weighted by Crippen LogP contribution is 2.41. The maximum atomic E-state index is 13.1. The van der Waals surface area contributed by atoms with Crippen LogP contribution in [-0.4, -0.2) is 125 Å². The number of ether oxygens (including phenoxy) is 4. The lowest BCUT2D eigenvalue weighted by Crippen LogP contribution is -2.60. The van der Waals surface area contributed by atoms with Crippen molar-refractivity contribution < 1.29 is 46.5 Å². The minimum atomic E-state index is -4.51. The second-order valence-corrected chi connectivity index (χ2v) is 33.2. The van der Waals surface area contributed by atoms with Crippen molar-refractivity contribution in [1.82, 2.24) is 14.7 Å². The summed E-state index contributed by atoms with van der Waals surface area (Å²) in [5.41, 5.74) is -0.171. The van der Waals surface area contributed by atoms with Crippen molar-refractivity contribution in [2.75, 3.05) is 34.4 Å². The monoisotopic (exact) mass is 1370 g/mol. The maximum Gasteiger partial charge on any atom is 0.399 e. The van der Waals surface area contributed by atoms with E-state index in [0.29, 0.717) is 19.3 Å². The number of rotatable bonds is 47. The van der Waals surface area contributed by atoms with E-state index >= 15 is 0 Å². The van der Waals surface area contributed by atoms with Crippen LogP contribution < -0.4 is 0 Å². The van der Waals surface area contributed by atoms with Crippen molar-refractivity contribution in [2.24, 2.45) is 5.92 Å². The first-order valence-corrected chi connectivity index (χ1v) is 39.8. The minimum Gasteiger partial charge on any atom is -0.462 e. The van der Waals surface area contributed by atoms with E-state index in [1.165, 1.54) is 205 Å². The molecule has 3 aliphatic rings. The van der Waals surface area contributed by atoms with Gasteiger partial charge in [0, 0.05) is 91.4 Å². The van der Waals surface area contributed by atoms with E-state index in [1.54, 1.807) is 0 Å². The number of allylic oxidation sites excluding steroid dienone is 2. The molecule has 0 bridgehead atoms. The molecular weight excluding hydrogens is 1210 g/mol. The van der Waals surface area contributed by atoms with Crippen LogP contribution in [0.25, 0.3) is 0 Å². The number of alkyl halides is 3. The van der Waals surface area contributed by atoms with Crippen molar-refractivity contribution in [3.8, 4) is 0 Å². The molecule has 1 unspecified atom stereocenters. The zero-order valence-electron chi connectivity index (χ0n) is 66.4. The fraction of sp³-hybridized carbons (Fsp3) is 0.916. The highest BCUT2D eigenvalue weighted by Gasteiger charge is 2.47. The van der Waals surface area contributed by atoms with Crippen molar-refractivity contribution in [3.63, 3.8) is 0 Å². The second-order valence-electron chi connectivity index (χ2n) is 33.2. The standard InChI is InChI=1S/C26H51NO2.C22H43NO2.C22H42O.C13H22F3NO2/c1-8-10-12-14-15-17-19-22(18-16-13-11-9-2)24(28)29-23-20-25(3,4)27(7)26(5,6)21-23;1-7-8-9-10-11-12-13-14-15-16-20(24)25-19-17-21(2,3)23(6)22(4,5)18-19;1-3-5-7-9-11-13-15-17-19-21-23-22-20-18-16-14-12-10-8-6-4-2;1-11(2)6-9(7-12(3,4)17(11)5)19-10(18)8-13(14,15)16/h22-23H,8-21H2,1-7H3;19H,7-18H2,1-6H3;3-4H,1-2,5-22H2;9H,6-8H2,1-5H3. The summed E-state index contributed by atoms with van der Waals surface area (Å²) in [6.07, 6.45) is 50.4. The molecule has 1 atom stereocenters. The van der Waals surface area contributed by atoms with Gasteiger partial charge in [0.05, 0.1) is 5.92 Å². The number of esters is 3. The number of likely N-dealkylation sites (tertiary alicyclic amines) is 3. The molecule has 0 aliphatic carbocycles. The average molecular weight is 1370 g/mol. The summed E-state index contributed by atoms with van der Waals surface area (Å²) < 4.78 is 59.1. The van der Waals surface area contributed by atoms with Crippen molar-refractivity contribution in [1.29, 1.82) is 0 Å². The Labute approximate surface area is 592 Å². The lowest BCUT2D eigenvalue weighted by molar-refractivity contribution is -0.181. The molecule has 0 spiro atoms. The normalized spacial score (nSPS) is 18.9.